The van der Waals surface area contributed by atoms with E-state index in [1.54, 1.807) is 7.11 Å². The van der Waals surface area contributed by atoms with Crippen molar-refractivity contribution in [3.8, 4) is 5.75 Å². The second-order valence-electron chi connectivity index (χ2n) is 4.70. The molecular weight excluding hydrogens is 238 g/mol. The maximum Gasteiger partial charge on any atom is 0.124 e. The number of rotatable bonds is 5. The average Bonchev–Trinajstić information content (AvgIpc) is 2.86. The predicted molar refractivity (Wildman–Crippen MR) is 77.7 cm³/mol. The van der Waals surface area contributed by atoms with Crippen LogP contribution in [0.3, 0.4) is 0 Å². The maximum absolute atomic E-state index is 5.45. The van der Waals surface area contributed by atoms with Crippen LogP contribution in [0.5, 0.6) is 5.75 Å². The van der Waals surface area contributed by atoms with Gasteiger partial charge >= 0.3 is 0 Å². The second kappa shape index (κ2) is 5.78. The Labute approximate surface area is 114 Å². The molecule has 0 amide bonds. The third kappa shape index (κ3) is 3.08. The van der Waals surface area contributed by atoms with E-state index in [0.717, 1.165) is 23.5 Å². The van der Waals surface area contributed by atoms with Gasteiger partial charge in [0.05, 0.1) is 25.0 Å². The van der Waals surface area contributed by atoms with E-state index < -0.39 is 0 Å². The minimum absolute atomic E-state index is 0.171. The third-order valence-electron chi connectivity index (χ3n) is 3.20. The van der Waals surface area contributed by atoms with Crippen LogP contribution in [0.1, 0.15) is 31.0 Å². The molecule has 1 heterocycles. The van der Waals surface area contributed by atoms with Crippen molar-refractivity contribution in [2.75, 3.05) is 12.4 Å². The minimum atomic E-state index is 0.171. The van der Waals surface area contributed by atoms with Crippen molar-refractivity contribution in [2.45, 2.75) is 33.4 Å². The lowest BCUT2D eigenvalue weighted by Gasteiger charge is -2.17. The second-order valence-corrected chi connectivity index (χ2v) is 4.70. The summed E-state index contributed by atoms with van der Waals surface area (Å²) in [5.74, 6) is 0.919. The van der Waals surface area contributed by atoms with Crippen LogP contribution in [0, 0.1) is 6.92 Å². The lowest BCUT2D eigenvalue weighted by Crippen LogP contribution is -2.08. The standard InChI is InChI=1S/C15H21N3O/c1-5-18-10-13(9-16-18)17-12(3)14-7-6-11(2)8-15(14)19-4/h6-10,12,17H,5H2,1-4H3. The van der Waals surface area contributed by atoms with Crippen LogP contribution in [0.15, 0.2) is 30.6 Å². The molecule has 0 fully saturated rings. The molecule has 102 valence electrons. The van der Waals surface area contributed by atoms with Gasteiger partial charge in [0, 0.05) is 18.3 Å². The van der Waals surface area contributed by atoms with Crippen LogP contribution in [0.2, 0.25) is 0 Å². The van der Waals surface area contributed by atoms with Gasteiger partial charge in [0.1, 0.15) is 5.75 Å². The predicted octanol–water partition coefficient (Wildman–Crippen LogP) is 3.39. The van der Waals surface area contributed by atoms with E-state index in [1.165, 1.54) is 5.56 Å². The van der Waals surface area contributed by atoms with Crippen molar-refractivity contribution in [1.82, 2.24) is 9.78 Å². The highest BCUT2D eigenvalue weighted by molar-refractivity contribution is 5.46. The SMILES string of the molecule is CCn1cc(NC(C)c2ccc(C)cc2OC)cn1. The molecule has 0 saturated carbocycles. The molecule has 1 aromatic heterocycles. The number of nitrogens with zero attached hydrogens (tertiary/aromatic N) is 2. The van der Waals surface area contributed by atoms with Crippen molar-refractivity contribution in [3.63, 3.8) is 0 Å². The molecule has 4 heteroatoms. The van der Waals surface area contributed by atoms with Crippen LogP contribution in [-0.4, -0.2) is 16.9 Å². The number of hydrogen-bond acceptors (Lipinski definition) is 3. The van der Waals surface area contributed by atoms with Crippen LogP contribution >= 0.6 is 0 Å². The van der Waals surface area contributed by atoms with E-state index in [9.17, 15) is 0 Å². The topological polar surface area (TPSA) is 39.1 Å². The van der Waals surface area contributed by atoms with Crippen molar-refractivity contribution in [3.05, 3.63) is 41.7 Å². The van der Waals surface area contributed by atoms with Crippen molar-refractivity contribution < 1.29 is 4.74 Å². The number of methoxy groups -OCH3 is 1. The summed E-state index contributed by atoms with van der Waals surface area (Å²) in [5.41, 5.74) is 3.38. The maximum atomic E-state index is 5.45. The molecule has 0 bridgehead atoms. The molecular formula is C15H21N3O. The molecule has 1 unspecified atom stereocenters. The van der Waals surface area contributed by atoms with Gasteiger partial charge in [-0.05, 0) is 32.4 Å². The first-order valence-electron chi connectivity index (χ1n) is 6.57. The lowest BCUT2D eigenvalue weighted by molar-refractivity contribution is 0.407. The van der Waals surface area contributed by atoms with Crippen LogP contribution in [-0.2, 0) is 6.54 Å². The molecule has 0 saturated heterocycles. The summed E-state index contributed by atoms with van der Waals surface area (Å²) >= 11 is 0. The molecule has 0 aliphatic heterocycles. The Balaban J connectivity index is 2.17. The van der Waals surface area contributed by atoms with E-state index >= 15 is 0 Å². The smallest absolute Gasteiger partial charge is 0.124 e. The average molecular weight is 259 g/mol. The quantitative estimate of drug-likeness (QED) is 0.894. The van der Waals surface area contributed by atoms with Gasteiger partial charge in [-0.2, -0.15) is 5.10 Å². The van der Waals surface area contributed by atoms with Gasteiger partial charge in [0.2, 0.25) is 0 Å². The number of ether oxygens (including phenoxy) is 1. The highest BCUT2D eigenvalue weighted by Crippen LogP contribution is 2.28. The van der Waals surface area contributed by atoms with Gasteiger partial charge in [-0.1, -0.05) is 12.1 Å². The zero-order valence-corrected chi connectivity index (χ0v) is 12.0. The van der Waals surface area contributed by atoms with Gasteiger partial charge in [0.15, 0.2) is 0 Å². The highest BCUT2D eigenvalue weighted by atomic mass is 16.5. The van der Waals surface area contributed by atoms with E-state index in [-0.39, 0.29) is 6.04 Å². The summed E-state index contributed by atoms with van der Waals surface area (Å²) in [6.45, 7) is 7.14. The molecule has 19 heavy (non-hydrogen) atoms. The monoisotopic (exact) mass is 259 g/mol. The van der Waals surface area contributed by atoms with E-state index in [1.807, 2.05) is 17.1 Å². The van der Waals surface area contributed by atoms with Gasteiger partial charge in [-0.25, -0.2) is 0 Å². The Morgan fingerprint density at radius 3 is 2.84 bits per heavy atom. The molecule has 0 aliphatic carbocycles. The first kappa shape index (κ1) is 13.5. The normalized spacial score (nSPS) is 12.2. The zero-order valence-electron chi connectivity index (χ0n) is 12.0. The van der Waals surface area contributed by atoms with Gasteiger partial charge in [-0.15, -0.1) is 0 Å². The molecule has 0 spiro atoms. The summed E-state index contributed by atoms with van der Waals surface area (Å²) in [7, 11) is 1.71. The molecule has 0 aliphatic rings. The third-order valence-corrected chi connectivity index (χ3v) is 3.20. The number of aryl methyl sites for hydroxylation is 2. The largest absolute Gasteiger partial charge is 0.496 e. The number of anilines is 1. The summed E-state index contributed by atoms with van der Waals surface area (Å²) in [4.78, 5) is 0. The molecule has 1 N–H and O–H groups in total. The van der Waals surface area contributed by atoms with Gasteiger partial charge in [-0.3, -0.25) is 4.68 Å². The molecule has 2 aromatic rings. The number of benzene rings is 1. The fraction of sp³-hybridized carbons (Fsp3) is 0.400. The highest BCUT2D eigenvalue weighted by Gasteiger charge is 2.12. The molecule has 4 nitrogen and oxygen atoms in total. The Morgan fingerprint density at radius 2 is 2.21 bits per heavy atom. The molecule has 1 aromatic carbocycles. The van der Waals surface area contributed by atoms with E-state index in [4.69, 9.17) is 4.74 Å². The van der Waals surface area contributed by atoms with E-state index in [0.29, 0.717) is 0 Å². The van der Waals surface area contributed by atoms with Crippen molar-refractivity contribution in [2.24, 2.45) is 0 Å². The molecule has 0 radical (unpaired) electrons. The van der Waals surface area contributed by atoms with Crippen molar-refractivity contribution in [1.29, 1.82) is 0 Å². The summed E-state index contributed by atoms with van der Waals surface area (Å²) in [5, 5.41) is 7.70. The fourth-order valence-corrected chi connectivity index (χ4v) is 2.11. The Bertz CT molecular complexity index is 548. The van der Waals surface area contributed by atoms with Crippen LogP contribution in [0.4, 0.5) is 5.69 Å². The Hall–Kier alpha value is -1.97. The number of hydrogen-bond donors (Lipinski definition) is 1. The molecule has 2 rings (SSSR count). The minimum Gasteiger partial charge on any atom is -0.496 e. The first-order chi connectivity index (χ1) is 9.13. The molecule has 1 atom stereocenters. The van der Waals surface area contributed by atoms with Gasteiger partial charge in [0.25, 0.3) is 0 Å². The lowest BCUT2D eigenvalue weighted by atomic mass is 10.0. The Kier molecular flexibility index (Phi) is 4.10. The number of nitrogens with one attached hydrogen (secondary N) is 1. The first-order valence-corrected chi connectivity index (χ1v) is 6.57. The zero-order chi connectivity index (χ0) is 13.8. The fourth-order valence-electron chi connectivity index (χ4n) is 2.11. The van der Waals surface area contributed by atoms with Gasteiger partial charge < -0.3 is 10.1 Å². The summed E-state index contributed by atoms with van der Waals surface area (Å²) in [6, 6.07) is 6.44. The van der Waals surface area contributed by atoms with Crippen molar-refractivity contribution >= 4 is 5.69 Å². The number of aromatic nitrogens is 2. The summed E-state index contributed by atoms with van der Waals surface area (Å²) < 4.78 is 7.35. The van der Waals surface area contributed by atoms with Crippen LogP contribution in [0.25, 0.3) is 0 Å². The van der Waals surface area contributed by atoms with E-state index in [2.05, 4.69) is 49.4 Å². The Morgan fingerprint density at radius 1 is 1.42 bits per heavy atom. The summed E-state index contributed by atoms with van der Waals surface area (Å²) in [6.07, 6.45) is 3.86. The van der Waals surface area contributed by atoms with Crippen LogP contribution < -0.4 is 10.1 Å².